The summed E-state index contributed by atoms with van der Waals surface area (Å²) in [5.74, 6) is 0.833. The molecule has 2 rings (SSSR count). The van der Waals surface area contributed by atoms with E-state index < -0.39 is 0 Å². The van der Waals surface area contributed by atoms with Gasteiger partial charge in [-0.25, -0.2) is 0 Å². The SMILES string of the molecule is CCC1CCC(N)C(n2cc(C)cn2)C1. The fourth-order valence-electron chi connectivity index (χ4n) is 2.54. The molecule has 15 heavy (non-hydrogen) atoms. The highest BCUT2D eigenvalue weighted by molar-refractivity contribution is 5.02. The van der Waals surface area contributed by atoms with Gasteiger partial charge in [0, 0.05) is 12.2 Å². The van der Waals surface area contributed by atoms with E-state index in [-0.39, 0.29) is 6.04 Å². The minimum absolute atomic E-state index is 0.284. The highest BCUT2D eigenvalue weighted by atomic mass is 15.3. The first-order chi connectivity index (χ1) is 7.20. The Morgan fingerprint density at radius 2 is 2.33 bits per heavy atom. The Morgan fingerprint density at radius 3 is 2.93 bits per heavy atom. The lowest BCUT2D eigenvalue weighted by Crippen LogP contribution is -2.38. The molecule has 84 valence electrons. The maximum absolute atomic E-state index is 6.18. The molecular weight excluding hydrogens is 186 g/mol. The largest absolute Gasteiger partial charge is 0.326 e. The molecule has 1 aromatic rings. The number of nitrogens with zero attached hydrogens (tertiary/aromatic N) is 2. The molecule has 1 saturated carbocycles. The summed E-state index contributed by atoms with van der Waals surface area (Å²) in [5.41, 5.74) is 7.40. The van der Waals surface area contributed by atoms with Crippen LogP contribution in [0.2, 0.25) is 0 Å². The molecular formula is C12H21N3. The molecule has 0 aromatic carbocycles. The molecule has 2 N–H and O–H groups in total. The van der Waals surface area contributed by atoms with Crippen molar-refractivity contribution in [2.75, 3.05) is 0 Å². The number of rotatable bonds is 2. The van der Waals surface area contributed by atoms with Gasteiger partial charge in [-0.2, -0.15) is 5.10 Å². The van der Waals surface area contributed by atoms with Crippen LogP contribution in [0.5, 0.6) is 0 Å². The molecule has 0 radical (unpaired) electrons. The van der Waals surface area contributed by atoms with Crippen molar-refractivity contribution in [3.05, 3.63) is 18.0 Å². The van der Waals surface area contributed by atoms with Gasteiger partial charge in [0.15, 0.2) is 0 Å². The first-order valence-corrected chi connectivity index (χ1v) is 5.97. The zero-order valence-corrected chi connectivity index (χ0v) is 9.69. The van der Waals surface area contributed by atoms with Gasteiger partial charge in [0.25, 0.3) is 0 Å². The zero-order chi connectivity index (χ0) is 10.8. The summed E-state index contributed by atoms with van der Waals surface area (Å²) in [6.45, 7) is 4.35. The lowest BCUT2D eigenvalue weighted by Gasteiger charge is -2.33. The number of hydrogen-bond donors (Lipinski definition) is 1. The maximum atomic E-state index is 6.18. The maximum Gasteiger partial charge on any atom is 0.0672 e. The molecule has 1 aromatic heterocycles. The summed E-state index contributed by atoms with van der Waals surface area (Å²) < 4.78 is 2.07. The molecule has 0 amide bonds. The quantitative estimate of drug-likeness (QED) is 0.808. The zero-order valence-electron chi connectivity index (χ0n) is 9.69. The van der Waals surface area contributed by atoms with Gasteiger partial charge in [-0.3, -0.25) is 4.68 Å². The summed E-state index contributed by atoms with van der Waals surface area (Å²) in [6.07, 6.45) is 8.92. The van der Waals surface area contributed by atoms with Crippen molar-refractivity contribution in [1.82, 2.24) is 9.78 Å². The van der Waals surface area contributed by atoms with Crippen LogP contribution < -0.4 is 5.73 Å². The van der Waals surface area contributed by atoms with E-state index in [4.69, 9.17) is 5.73 Å². The summed E-state index contributed by atoms with van der Waals surface area (Å²) in [4.78, 5) is 0. The van der Waals surface area contributed by atoms with Crippen molar-refractivity contribution in [1.29, 1.82) is 0 Å². The van der Waals surface area contributed by atoms with Gasteiger partial charge in [0.05, 0.1) is 12.2 Å². The highest BCUT2D eigenvalue weighted by Crippen LogP contribution is 2.33. The van der Waals surface area contributed by atoms with Gasteiger partial charge < -0.3 is 5.73 Å². The number of nitrogens with two attached hydrogens (primary N) is 1. The monoisotopic (exact) mass is 207 g/mol. The van der Waals surface area contributed by atoms with Crippen molar-refractivity contribution in [2.45, 2.75) is 51.6 Å². The van der Waals surface area contributed by atoms with Crippen LogP contribution in [-0.2, 0) is 0 Å². The first kappa shape index (κ1) is 10.7. The molecule has 0 aliphatic heterocycles. The molecule has 1 heterocycles. The Bertz CT molecular complexity index is 318. The Kier molecular flexibility index (Phi) is 3.10. The first-order valence-electron chi connectivity index (χ1n) is 5.97. The predicted molar refractivity (Wildman–Crippen MR) is 61.6 cm³/mol. The Balaban J connectivity index is 2.12. The van der Waals surface area contributed by atoms with Gasteiger partial charge >= 0.3 is 0 Å². The van der Waals surface area contributed by atoms with Crippen LogP contribution in [0.15, 0.2) is 12.4 Å². The van der Waals surface area contributed by atoms with E-state index in [1.54, 1.807) is 0 Å². The third-order valence-corrected chi connectivity index (χ3v) is 3.63. The Labute approximate surface area is 91.7 Å². The Morgan fingerprint density at radius 1 is 1.53 bits per heavy atom. The van der Waals surface area contributed by atoms with E-state index in [9.17, 15) is 0 Å². The molecule has 3 unspecified atom stereocenters. The summed E-state index contributed by atoms with van der Waals surface area (Å²) in [7, 11) is 0. The molecule has 1 fully saturated rings. The van der Waals surface area contributed by atoms with E-state index in [2.05, 4.69) is 29.8 Å². The molecule has 3 nitrogen and oxygen atoms in total. The van der Waals surface area contributed by atoms with Crippen LogP contribution in [0.1, 0.15) is 44.2 Å². The van der Waals surface area contributed by atoms with Crippen molar-refractivity contribution >= 4 is 0 Å². The molecule has 1 aliphatic rings. The standard InChI is InChI=1S/C12H21N3/c1-3-10-4-5-11(13)12(6-10)15-8-9(2)7-14-15/h7-8,10-12H,3-6,13H2,1-2H3. The van der Waals surface area contributed by atoms with Gasteiger partial charge in [0.2, 0.25) is 0 Å². The van der Waals surface area contributed by atoms with Crippen molar-refractivity contribution in [3.63, 3.8) is 0 Å². The second-order valence-electron chi connectivity index (χ2n) is 4.82. The molecule has 1 aliphatic carbocycles. The lowest BCUT2D eigenvalue weighted by molar-refractivity contribution is 0.217. The third-order valence-electron chi connectivity index (χ3n) is 3.63. The van der Waals surface area contributed by atoms with Gasteiger partial charge in [-0.1, -0.05) is 13.3 Å². The van der Waals surface area contributed by atoms with Gasteiger partial charge in [-0.15, -0.1) is 0 Å². The summed E-state index contributed by atoms with van der Waals surface area (Å²) in [6, 6.07) is 0.699. The van der Waals surface area contributed by atoms with Gasteiger partial charge in [-0.05, 0) is 37.7 Å². The average molecular weight is 207 g/mol. The minimum Gasteiger partial charge on any atom is -0.326 e. The molecule has 0 spiro atoms. The fraction of sp³-hybridized carbons (Fsp3) is 0.750. The van der Waals surface area contributed by atoms with Crippen LogP contribution in [0.3, 0.4) is 0 Å². The smallest absolute Gasteiger partial charge is 0.0672 e. The van der Waals surface area contributed by atoms with E-state index in [1.165, 1.54) is 24.8 Å². The van der Waals surface area contributed by atoms with E-state index in [0.29, 0.717) is 6.04 Å². The number of hydrogen-bond acceptors (Lipinski definition) is 2. The van der Waals surface area contributed by atoms with Crippen molar-refractivity contribution in [3.8, 4) is 0 Å². The van der Waals surface area contributed by atoms with Crippen LogP contribution in [-0.4, -0.2) is 15.8 Å². The molecule has 3 heteroatoms. The topological polar surface area (TPSA) is 43.8 Å². The third kappa shape index (κ3) is 2.23. The molecule has 0 bridgehead atoms. The number of aromatic nitrogens is 2. The van der Waals surface area contributed by atoms with Crippen LogP contribution >= 0.6 is 0 Å². The summed E-state index contributed by atoms with van der Waals surface area (Å²) >= 11 is 0. The van der Waals surface area contributed by atoms with E-state index in [0.717, 1.165) is 12.3 Å². The lowest BCUT2D eigenvalue weighted by atomic mass is 9.81. The minimum atomic E-state index is 0.284. The van der Waals surface area contributed by atoms with Crippen LogP contribution in [0.4, 0.5) is 0 Å². The second-order valence-corrected chi connectivity index (χ2v) is 4.82. The predicted octanol–water partition coefficient (Wildman–Crippen LogP) is 2.27. The van der Waals surface area contributed by atoms with Crippen LogP contribution in [0, 0.1) is 12.8 Å². The Hall–Kier alpha value is -0.830. The van der Waals surface area contributed by atoms with Gasteiger partial charge in [0.1, 0.15) is 0 Å². The normalized spacial score (nSPS) is 31.8. The van der Waals surface area contributed by atoms with E-state index >= 15 is 0 Å². The number of aryl methyl sites for hydroxylation is 1. The molecule has 3 atom stereocenters. The van der Waals surface area contributed by atoms with E-state index in [1.807, 2.05) is 6.20 Å². The van der Waals surface area contributed by atoms with Crippen molar-refractivity contribution < 1.29 is 0 Å². The average Bonchev–Trinajstić information content (AvgIpc) is 2.65. The fourth-order valence-corrected chi connectivity index (χ4v) is 2.54. The molecule has 0 saturated heterocycles. The highest BCUT2D eigenvalue weighted by Gasteiger charge is 2.28. The summed E-state index contributed by atoms with van der Waals surface area (Å²) in [5, 5.41) is 4.40. The second kappa shape index (κ2) is 4.35. The van der Waals surface area contributed by atoms with Crippen LogP contribution in [0.25, 0.3) is 0 Å². The van der Waals surface area contributed by atoms with Crippen molar-refractivity contribution in [2.24, 2.45) is 11.7 Å².